The number of hydrogen-bond acceptors (Lipinski definition) is 7. The zero-order chi connectivity index (χ0) is 32.0. The fourth-order valence-corrected chi connectivity index (χ4v) is 6.12. The van der Waals surface area contributed by atoms with Gasteiger partial charge < -0.3 is 14.2 Å². The van der Waals surface area contributed by atoms with Crippen molar-refractivity contribution in [1.82, 2.24) is 19.9 Å². The van der Waals surface area contributed by atoms with Gasteiger partial charge in [0.1, 0.15) is 29.6 Å². The first kappa shape index (κ1) is 30.1. The van der Waals surface area contributed by atoms with Crippen molar-refractivity contribution in [1.29, 1.82) is 0 Å². The summed E-state index contributed by atoms with van der Waals surface area (Å²) in [5, 5.41) is 0. The van der Waals surface area contributed by atoms with Crippen molar-refractivity contribution in [2.24, 2.45) is 0 Å². The fraction of sp³-hybridized carbons (Fsp3) is 0.175. The maximum absolute atomic E-state index is 6.47. The number of rotatable bonds is 11. The van der Waals surface area contributed by atoms with Crippen LogP contribution in [-0.4, -0.2) is 27.0 Å². The number of ether oxygens (including phenoxy) is 3. The predicted octanol–water partition coefficient (Wildman–Crippen LogP) is 8.26. The number of nitrogens with zero attached hydrogens (tertiary/aromatic N) is 4. The normalized spacial score (nSPS) is 13.4. The average molecular weight is 621 g/mol. The second-order valence-electron chi connectivity index (χ2n) is 11.7. The van der Waals surface area contributed by atoms with Crippen LogP contribution in [0.25, 0.3) is 0 Å². The smallest absolute Gasteiger partial charge is 0.135 e. The van der Waals surface area contributed by atoms with E-state index < -0.39 is 0 Å². The van der Waals surface area contributed by atoms with Gasteiger partial charge in [-0.3, -0.25) is 19.9 Å². The van der Waals surface area contributed by atoms with Crippen molar-refractivity contribution in [3.63, 3.8) is 0 Å². The molecule has 1 unspecified atom stereocenters. The van der Waals surface area contributed by atoms with Gasteiger partial charge in [0.15, 0.2) is 0 Å². The van der Waals surface area contributed by atoms with E-state index >= 15 is 0 Å². The molecule has 0 saturated carbocycles. The van der Waals surface area contributed by atoms with Crippen LogP contribution in [0.2, 0.25) is 0 Å². The number of aromatic nitrogens is 3. The molecule has 47 heavy (non-hydrogen) atoms. The SMILES string of the molecule is COc1ccc2c(c1)Oc1cc(OCc3cccc(CN(Cc4ccccn4)Cc4ccccn4)n3)ccc1C2c1ccccc1C. The van der Waals surface area contributed by atoms with E-state index in [1.165, 1.54) is 11.1 Å². The molecule has 0 N–H and O–H groups in total. The Balaban J connectivity index is 1.10. The van der Waals surface area contributed by atoms with E-state index in [2.05, 4.69) is 64.3 Å². The van der Waals surface area contributed by atoms with Crippen molar-refractivity contribution in [2.75, 3.05) is 7.11 Å². The molecule has 4 heterocycles. The van der Waals surface area contributed by atoms with E-state index in [-0.39, 0.29) is 5.92 Å². The summed E-state index contributed by atoms with van der Waals surface area (Å²) in [7, 11) is 1.67. The Bertz CT molecular complexity index is 1930. The third-order valence-corrected chi connectivity index (χ3v) is 8.41. The minimum atomic E-state index is 0.0355. The molecule has 0 spiro atoms. The highest BCUT2D eigenvalue weighted by molar-refractivity contribution is 5.61. The van der Waals surface area contributed by atoms with Crippen LogP contribution in [0, 0.1) is 6.92 Å². The maximum atomic E-state index is 6.47. The van der Waals surface area contributed by atoms with Crippen LogP contribution in [0.3, 0.4) is 0 Å². The standard InChI is InChI=1S/C40H36N4O3/c1-28-10-3-4-15-35(28)40-36-18-16-33(45-2)22-38(36)47-39-23-34(17-19-37(39)40)46-27-32-14-9-13-31(43-32)26-44(24-29-11-5-7-20-41-29)25-30-12-6-8-21-42-30/h3-23,40H,24-27H2,1-2H3. The van der Waals surface area contributed by atoms with Gasteiger partial charge >= 0.3 is 0 Å². The summed E-state index contributed by atoms with van der Waals surface area (Å²) in [4.78, 5) is 16.3. The van der Waals surface area contributed by atoms with Crippen LogP contribution in [0.5, 0.6) is 23.0 Å². The van der Waals surface area contributed by atoms with Crippen LogP contribution in [-0.2, 0) is 26.2 Å². The molecular formula is C40H36N4O3. The van der Waals surface area contributed by atoms with Crippen molar-refractivity contribution >= 4 is 0 Å². The molecule has 1 atom stereocenters. The Morgan fingerprint density at radius 1 is 0.617 bits per heavy atom. The molecule has 0 bridgehead atoms. The summed E-state index contributed by atoms with van der Waals surface area (Å²) in [6.45, 7) is 4.51. The maximum Gasteiger partial charge on any atom is 0.135 e. The number of benzene rings is 3. The van der Waals surface area contributed by atoms with Gasteiger partial charge in [0.25, 0.3) is 0 Å². The van der Waals surface area contributed by atoms with Gasteiger partial charge in [0.2, 0.25) is 0 Å². The van der Waals surface area contributed by atoms with E-state index in [4.69, 9.17) is 19.2 Å². The zero-order valence-electron chi connectivity index (χ0n) is 26.5. The Kier molecular flexibility index (Phi) is 8.88. The topological polar surface area (TPSA) is 69.6 Å². The lowest BCUT2D eigenvalue weighted by Gasteiger charge is -2.30. The van der Waals surface area contributed by atoms with Crippen LogP contribution in [0.4, 0.5) is 0 Å². The predicted molar refractivity (Wildman–Crippen MR) is 182 cm³/mol. The minimum Gasteiger partial charge on any atom is -0.497 e. The second-order valence-corrected chi connectivity index (χ2v) is 11.7. The van der Waals surface area contributed by atoms with Gasteiger partial charge in [-0.2, -0.15) is 0 Å². The summed E-state index contributed by atoms with van der Waals surface area (Å²) < 4.78 is 18.3. The summed E-state index contributed by atoms with van der Waals surface area (Å²) in [5.74, 6) is 3.08. The van der Waals surface area contributed by atoms with E-state index in [9.17, 15) is 0 Å². The second kappa shape index (κ2) is 13.8. The highest BCUT2D eigenvalue weighted by atomic mass is 16.5. The van der Waals surface area contributed by atoms with E-state index in [1.54, 1.807) is 7.11 Å². The highest BCUT2D eigenvalue weighted by Crippen LogP contribution is 2.49. The monoisotopic (exact) mass is 620 g/mol. The van der Waals surface area contributed by atoms with Gasteiger partial charge in [-0.25, -0.2) is 0 Å². The van der Waals surface area contributed by atoms with Gasteiger partial charge in [-0.1, -0.05) is 54.6 Å². The first-order chi connectivity index (χ1) is 23.1. The number of aryl methyl sites for hydroxylation is 1. The lowest BCUT2D eigenvalue weighted by molar-refractivity contribution is 0.237. The average Bonchev–Trinajstić information content (AvgIpc) is 3.11. The Morgan fingerprint density at radius 3 is 1.87 bits per heavy atom. The first-order valence-electron chi connectivity index (χ1n) is 15.8. The largest absolute Gasteiger partial charge is 0.497 e. The minimum absolute atomic E-state index is 0.0355. The lowest BCUT2D eigenvalue weighted by Crippen LogP contribution is -2.24. The Hall–Kier alpha value is -5.53. The highest BCUT2D eigenvalue weighted by Gasteiger charge is 2.30. The third-order valence-electron chi connectivity index (χ3n) is 8.41. The molecular weight excluding hydrogens is 584 g/mol. The van der Waals surface area contributed by atoms with Crippen molar-refractivity contribution < 1.29 is 14.2 Å². The molecule has 3 aromatic heterocycles. The summed E-state index contributed by atoms with van der Waals surface area (Å²) in [5.41, 5.74) is 8.51. The molecule has 0 amide bonds. The molecule has 7 rings (SSSR count). The van der Waals surface area contributed by atoms with Crippen molar-refractivity contribution in [2.45, 2.75) is 39.1 Å². The molecule has 0 radical (unpaired) electrons. The molecule has 6 aromatic rings. The molecule has 1 aliphatic heterocycles. The van der Waals surface area contributed by atoms with E-state index in [1.807, 2.05) is 85.2 Å². The summed E-state index contributed by atoms with van der Waals surface area (Å²) in [6, 6.07) is 38.8. The fourth-order valence-electron chi connectivity index (χ4n) is 6.12. The number of pyridine rings is 3. The zero-order valence-corrected chi connectivity index (χ0v) is 26.5. The van der Waals surface area contributed by atoms with Crippen LogP contribution >= 0.6 is 0 Å². The third kappa shape index (κ3) is 7.00. The Morgan fingerprint density at radius 2 is 1.21 bits per heavy atom. The molecule has 7 heteroatoms. The van der Waals surface area contributed by atoms with Gasteiger partial charge in [0, 0.05) is 61.2 Å². The van der Waals surface area contributed by atoms with E-state index in [0.717, 1.165) is 56.9 Å². The number of fused-ring (bicyclic) bond motifs is 2. The lowest BCUT2D eigenvalue weighted by atomic mass is 9.81. The summed E-state index contributed by atoms with van der Waals surface area (Å²) >= 11 is 0. The Labute approximate surface area is 275 Å². The van der Waals surface area contributed by atoms with Crippen LogP contribution in [0.1, 0.15) is 50.9 Å². The molecule has 3 aromatic carbocycles. The molecule has 234 valence electrons. The quantitative estimate of drug-likeness (QED) is 0.144. The van der Waals surface area contributed by atoms with Gasteiger partial charge in [-0.05, 0) is 66.6 Å². The molecule has 7 nitrogen and oxygen atoms in total. The number of methoxy groups -OCH3 is 1. The van der Waals surface area contributed by atoms with Gasteiger partial charge in [0.05, 0.1) is 29.9 Å². The van der Waals surface area contributed by atoms with Gasteiger partial charge in [-0.15, -0.1) is 0 Å². The van der Waals surface area contributed by atoms with Crippen molar-refractivity contribution in [3.8, 4) is 23.0 Å². The first-order valence-corrected chi connectivity index (χ1v) is 15.8. The molecule has 0 fully saturated rings. The summed E-state index contributed by atoms with van der Waals surface area (Å²) in [6.07, 6.45) is 3.66. The molecule has 0 saturated heterocycles. The molecule has 0 aliphatic carbocycles. The van der Waals surface area contributed by atoms with Crippen LogP contribution in [0.15, 0.2) is 128 Å². The van der Waals surface area contributed by atoms with Crippen LogP contribution < -0.4 is 14.2 Å². The van der Waals surface area contributed by atoms with E-state index in [0.29, 0.717) is 26.2 Å². The molecule has 1 aliphatic rings. The number of hydrogen-bond donors (Lipinski definition) is 0. The van der Waals surface area contributed by atoms with Crippen molar-refractivity contribution in [3.05, 3.63) is 173 Å².